The van der Waals surface area contributed by atoms with Crippen molar-refractivity contribution in [3.63, 3.8) is 0 Å². The maximum Gasteiger partial charge on any atom is 0.246 e. The maximum atomic E-state index is 14.3. The van der Waals surface area contributed by atoms with E-state index in [0.717, 1.165) is 0 Å². The van der Waals surface area contributed by atoms with Gasteiger partial charge in [0.05, 0.1) is 9.73 Å². The van der Waals surface area contributed by atoms with E-state index in [0.29, 0.717) is 48.0 Å². The molecule has 0 unspecified atom stereocenters. The highest BCUT2D eigenvalue weighted by Gasteiger charge is 2.28. The van der Waals surface area contributed by atoms with Crippen molar-refractivity contribution >= 4 is 15.6 Å². The highest BCUT2D eigenvalue weighted by molar-refractivity contribution is 7.91. The van der Waals surface area contributed by atoms with Gasteiger partial charge in [0.25, 0.3) is 0 Å². The van der Waals surface area contributed by atoms with Gasteiger partial charge in [0.15, 0.2) is 0 Å². The van der Waals surface area contributed by atoms with Crippen LogP contribution in [-0.2, 0) is 14.5 Å². The summed E-state index contributed by atoms with van der Waals surface area (Å²) < 4.78 is 40.2. The Kier molecular flexibility index (Phi) is 7.36. The van der Waals surface area contributed by atoms with Gasteiger partial charge in [-0.25, -0.2) is 13.4 Å². The zero-order chi connectivity index (χ0) is 23.5. The van der Waals surface area contributed by atoms with E-state index in [9.17, 15) is 13.4 Å². The van der Waals surface area contributed by atoms with E-state index in [1.807, 2.05) is 13.0 Å². The number of halogens is 1. The number of nitrogens with one attached hydrogen (secondary N) is 1. The number of rotatable bonds is 7. The summed E-state index contributed by atoms with van der Waals surface area (Å²) in [6, 6.07) is 11.7. The summed E-state index contributed by atoms with van der Waals surface area (Å²) >= 11 is 0. The van der Waals surface area contributed by atoms with Crippen molar-refractivity contribution < 1.29 is 18.1 Å². The van der Waals surface area contributed by atoms with Crippen molar-refractivity contribution in [2.75, 3.05) is 32.4 Å². The Labute approximate surface area is 189 Å². The van der Waals surface area contributed by atoms with Gasteiger partial charge in [-0.1, -0.05) is 18.7 Å². The van der Waals surface area contributed by atoms with Crippen LogP contribution >= 0.6 is 0 Å². The summed E-state index contributed by atoms with van der Waals surface area (Å²) in [5, 5.41) is 0. The van der Waals surface area contributed by atoms with Crippen molar-refractivity contribution in [3.05, 3.63) is 72.1 Å². The molecule has 1 N–H and O–H groups in total. The lowest BCUT2D eigenvalue weighted by Crippen LogP contribution is -2.54. The molecule has 172 valence electrons. The first-order valence-corrected chi connectivity index (χ1v) is 12.5. The molecule has 0 aliphatic carbocycles. The molecule has 3 rings (SSSR count). The van der Waals surface area contributed by atoms with Crippen LogP contribution < -0.4 is 4.74 Å². The fraction of sp³-hybridized carbons (Fsp3) is 0.375. The van der Waals surface area contributed by atoms with Gasteiger partial charge in [-0.3, -0.25) is 9.69 Å². The highest BCUT2D eigenvalue weighted by atomic mass is 32.2. The Morgan fingerprint density at radius 1 is 1.31 bits per heavy atom. The highest BCUT2D eigenvalue weighted by Crippen LogP contribution is 2.27. The summed E-state index contributed by atoms with van der Waals surface area (Å²) in [6.45, 7) is 9.74. The predicted molar refractivity (Wildman–Crippen MR) is 124 cm³/mol. The van der Waals surface area contributed by atoms with E-state index < -0.39 is 15.8 Å². The molecule has 0 radical (unpaired) electrons. The van der Waals surface area contributed by atoms with Crippen molar-refractivity contribution in [1.82, 2.24) is 9.80 Å². The summed E-state index contributed by atoms with van der Waals surface area (Å²) in [5.74, 6) is 0.186. The first-order valence-electron chi connectivity index (χ1n) is 10.5. The number of carbonyl (C=O) groups is 1. The van der Waals surface area contributed by atoms with E-state index in [4.69, 9.17) is 9.52 Å². The molecule has 1 aliphatic rings. The second-order valence-electron chi connectivity index (χ2n) is 8.27. The van der Waals surface area contributed by atoms with Crippen molar-refractivity contribution in [2.24, 2.45) is 0 Å². The molecular weight excluding hydrogens is 429 g/mol. The van der Waals surface area contributed by atoms with Crippen LogP contribution in [0.3, 0.4) is 0 Å². The maximum absolute atomic E-state index is 14.3. The lowest BCUT2D eigenvalue weighted by molar-refractivity contribution is -0.130. The summed E-state index contributed by atoms with van der Waals surface area (Å²) in [5.41, 5.74) is 1.28. The number of hydrogen-bond donors (Lipinski definition) is 1. The molecule has 8 heteroatoms. The standard InChI is InChI=1S/C24H30FN3O3S/c1-5-24(29)28-13-12-27(15-18(28)3)16-23(19-7-6-17(2)22(25)14-19)31-20-8-10-21(11-9-20)32(4,26)30/h5-11,14,18,23,26H,1,12-13,15-16H2,2-4H3/t18-,23+,32-/m1/s1. The summed E-state index contributed by atoms with van der Waals surface area (Å²) in [7, 11) is -2.81. The van der Waals surface area contributed by atoms with Crippen LogP contribution in [0.2, 0.25) is 0 Å². The number of aryl methyl sites for hydroxylation is 1. The fourth-order valence-electron chi connectivity index (χ4n) is 3.84. The number of hydrogen-bond acceptors (Lipinski definition) is 5. The summed E-state index contributed by atoms with van der Waals surface area (Å²) in [6.07, 6.45) is 2.27. The van der Waals surface area contributed by atoms with Crippen LogP contribution in [0.25, 0.3) is 0 Å². The molecule has 1 fully saturated rings. The number of benzene rings is 2. The number of ether oxygens (including phenoxy) is 1. The lowest BCUT2D eigenvalue weighted by atomic mass is 10.0. The van der Waals surface area contributed by atoms with Gasteiger partial charge >= 0.3 is 0 Å². The number of piperazine rings is 1. The molecule has 1 heterocycles. The molecule has 32 heavy (non-hydrogen) atoms. The third-order valence-corrected chi connectivity index (χ3v) is 6.88. The van der Waals surface area contributed by atoms with E-state index in [2.05, 4.69) is 11.5 Å². The Hall–Kier alpha value is -2.71. The van der Waals surface area contributed by atoms with Gasteiger partial charge in [0, 0.05) is 43.4 Å². The van der Waals surface area contributed by atoms with Crippen molar-refractivity contribution in [3.8, 4) is 5.75 Å². The third kappa shape index (κ3) is 5.75. The molecule has 2 aromatic rings. The molecule has 6 nitrogen and oxygen atoms in total. The molecule has 1 amide bonds. The number of nitrogens with zero attached hydrogens (tertiary/aromatic N) is 2. The monoisotopic (exact) mass is 459 g/mol. The number of carbonyl (C=O) groups excluding carboxylic acids is 1. The Balaban J connectivity index is 1.81. The minimum absolute atomic E-state index is 0.0266. The number of amides is 1. The van der Waals surface area contributed by atoms with E-state index in [-0.39, 0.29) is 17.8 Å². The average molecular weight is 460 g/mol. The van der Waals surface area contributed by atoms with E-state index in [1.54, 1.807) is 42.2 Å². The first kappa shape index (κ1) is 23.9. The van der Waals surface area contributed by atoms with Crippen LogP contribution in [0.4, 0.5) is 4.39 Å². The molecule has 0 spiro atoms. The molecule has 0 aromatic heterocycles. The normalized spacial score (nSPS) is 19.8. The average Bonchev–Trinajstić information content (AvgIpc) is 2.74. The molecular formula is C24H30FN3O3S. The molecule has 0 bridgehead atoms. The molecule has 1 saturated heterocycles. The fourth-order valence-corrected chi connectivity index (χ4v) is 4.50. The van der Waals surface area contributed by atoms with Gasteiger partial charge in [-0.15, -0.1) is 0 Å². The van der Waals surface area contributed by atoms with Gasteiger partial charge in [0.1, 0.15) is 17.7 Å². The van der Waals surface area contributed by atoms with Crippen LogP contribution in [0.15, 0.2) is 60.0 Å². The van der Waals surface area contributed by atoms with E-state index in [1.165, 1.54) is 18.4 Å². The van der Waals surface area contributed by atoms with E-state index >= 15 is 0 Å². The topological polar surface area (TPSA) is 73.7 Å². The minimum Gasteiger partial charge on any atom is -0.484 e. The van der Waals surface area contributed by atoms with Gasteiger partial charge in [0.2, 0.25) is 5.91 Å². The molecule has 0 saturated carbocycles. The van der Waals surface area contributed by atoms with Crippen LogP contribution in [0.5, 0.6) is 5.75 Å². The molecule has 1 aliphatic heterocycles. The Morgan fingerprint density at radius 3 is 2.56 bits per heavy atom. The van der Waals surface area contributed by atoms with Crippen molar-refractivity contribution in [1.29, 1.82) is 4.78 Å². The smallest absolute Gasteiger partial charge is 0.246 e. The van der Waals surface area contributed by atoms with Crippen molar-refractivity contribution in [2.45, 2.75) is 30.9 Å². The van der Waals surface area contributed by atoms with Gasteiger partial charge < -0.3 is 9.64 Å². The lowest BCUT2D eigenvalue weighted by Gasteiger charge is -2.40. The molecule has 2 aromatic carbocycles. The van der Waals surface area contributed by atoms with Crippen LogP contribution in [-0.4, -0.2) is 58.4 Å². The second-order valence-corrected chi connectivity index (χ2v) is 10.4. The second kappa shape index (κ2) is 9.83. The zero-order valence-electron chi connectivity index (χ0n) is 18.7. The minimum atomic E-state index is -2.81. The van der Waals surface area contributed by atoms with Crippen LogP contribution in [0, 0.1) is 17.5 Å². The van der Waals surface area contributed by atoms with Gasteiger partial charge in [-0.05, 0) is 61.4 Å². The zero-order valence-corrected chi connectivity index (χ0v) is 19.5. The predicted octanol–water partition coefficient (Wildman–Crippen LogP) is 4.01. The molecule has 3 atom stereocenters. The summed E-state index contributed by atoms with van der Waals surface area (Å²) in [4.78, 5) is 16.5. The Bertz CT molecular complexity index is 1090. The first-order chi connectivity index (χ1) is 15.1. The quantitative estimate of drug-likeness (QED) is 0.635. The van der Waals surface area contributed by atoms with Gasteiger partial charge in [-0.2, -0.15) is 0 Å². The SMILES string of the molecule is C=CC(=O)N1CCN(C[C@H](Oc2ccc([S@](C)(=N)=O)cc2)c2ccc(C)c(F)c2)C[C@H]1C. The largest absolute Gasteiger partial charge is 0.484 e. The third-order valence-electron chi connectivity index (χ3n) is 5.71. The van der Waals surface area contributed by atoms with Crippen LogP contribution in [0.1, 0.15) is 24.2 Å². The Morgan fingerprint density at radius 2 is 2.00 bits per heavy atom.